The van der Waals surface area contributed by atoms with Crippen molar-refractivity contribution < 1.29 is 0 Å². The molecule has 0 aromatic heterocycles. The highest BCUT2D eigenvalue weighted by Crippen LogP contribution is 2.40. The molecule has 0 rings (SSSR count). The van der Waals surface area contributed by atoms with Crippen molar-refractivity contribution in [3.8, 4) is 5.81 Å². The smallest absolute Gasteiger partial charge is 0.144 e. The highest BCUT2D eigenvalue weighted by Gasteiger charge is 1.88. The number of rotatable bonds is 1. The lowest BCUT2D eigenvalue weighted by molar-refractivity contribution is 1.57. The molecule has 1 nitrogen and oxygen atoms in total. The van der Waals surface area contributed by atoms with Crippen molar-refractivity contribution in [1.29, 1.82) is 5.26 Å². The third-order valence-electron chi connectivity index (χ3n) is 0.295. The fraction of sp³-hybridized carbons (Fsp3) is 0.500. The molecule has 0 aromatic rings. The lowest BCUT2D eigenvalue weighted by Crippen LogP contribution is -1.51. The minimum atomic E-state index is -0.854. The van der Waals surface area contributed by atoms with Gasteiger partial charge >= 0.3 is 0 Å². The molecule has 0 saturated heterocycles. The Morgan fingerprint density at radius 1 is 2.00 bits per heavy atom. The van der Waals surface area contributed by atoms with E-state index >= 15 is 0 Å². The van der Waals surface area contributed by atoms with Crippen LogP contribution in [0.1, 0.15) is 0 Å². The zero-order valence-electron chi connectivity index (χ0n) is 3.38. The van der Waals surface area contributed by atoms with Crippen molar-refractivity contribution >= 4 is 25.9 Å². The molecule has 6 heavy (non-hydrogen) atoms. The van der Waals surface area contributed by atoms with E-state index in [-0.39, 0.29) is 0 Å². The van der Waals surface area contributed by atoms with Gasteiger partial charge in [-0.05, 0) is 6.26 Å². The highest BCUT2D eigenvalue weighted by molar-refractivity contribution is 8.63. The number of nitrogens with zero attached hydrogens (tertiary/aromatic N) is 1. The van der Waals surface area contributed by atoms with Crippen molar-refractivity contribution in [2.24, 2.45) is 0 Å². The standard InChI is InChI=1S/C2H3BNPS/c1-6-5(3)2-4/h1H3. The Bertz CT molecular complexity index is 70.4. The molecule has 4 heteroatoms. The van der Waals surface area contributed by atoms with Gasteiger partial charge in [0.25, 0.3) is 0 Å². The zero-order valence-corrected chi connectivity index (χ0v) is 5.09. The van der Waals surface area contributed by atoms with Gasteiger partial charge in [-0.15, -0.1) is 11.4 Å². The number of nitriles is 1. The number of hydrogen-bond acceptors (Lipinski definition) is 2. The molecule has 0 aliphatic carbocycles. The molecule has 0 heterocycles. The molecule has 0 aliphatic rings. The molecule has 0 fully saturated rings. The summed E-state index contributed by atoms with van der Waals surface area (Å²) in [5, 5.41) is 7.97. The first-order valence-electron chi connectivity index (χ1n) is 1.30. The van der Waals surface area contributed by atoms with E-state index in [4.69, 9.17) is 12.8 Å². The van der Waals surface area contributed by atoms with Crippen molar-refractivity contribution in [3.05, 3.63) is 0 Å². The summed E-state index contributed by atoms with van der Waals surface area (Å²) < 4.78 is 0. The third kappa shape index (κ3) is 2.57. The molecular formula is C2H3BNPS. The van der Waals surface area contributed by atoms with Crippen molar-refractivity contribution in [2.75, 3.05) is 6.26 Å². The Hall–Kier alpha value is 0.335. The molecule has 1 atom stereocenters. The summed E-state index contributed by atoms with van der Waals surface area (Å²) in [6, 6.07) is 0. The second-order valence-electron chi connectivity index (χ2n) is 0.608. The van der Waals surface area contributed by atoms with Gasteiger partial charge in [0.05, 0.1) is 5.81 Å². The Balaban J connectivity index is 3.04. The predicted octanol–water partition coefficient (Wildman–Crippen LogP) is 1.31. The Kier molecular flexibility index (Phi) is 3.72. The maximum atomic E-state index is 7.97. The first-order chi connectivity index (χ1) is 2.81. The zero-order chi connectivity index (χ0) is 4.99. The SMILES string of the molecule is [B]P(C#N)SC. The predicted molar refractivity (Wildman–Crippen MR) is 31.8 cm³/mol. The van der Waals surface area contributed by atoms with Crippen LogP contribution in [0.5, 0.6) is 0 Å². The van der Waals surface area contributed by atoms with E-state index in [1.165, 1.54) is 11.4 Å². The fourth-order valence-electron chi connectivity index (χ4n) is 0.0408. The van der Waals surface area contributed by atoms with E-state index in [9.17, 15) is 0 Å². The summed E-state index contributed by atoms with van der Waals surface area (Å²) in [7, 11) is 4.28. The minimum absolute atomic E-state index is 0.854. The minimum Gasteiger partial charge on any atom is -0.193 e. The highest BCUT2D eigenvalue weighted by atomic mass is 32.7. The van der Waals surface area contributed by atoms with Gasteiger partial charge in [-0.1, -0.05) is 0 Å². The first-order valence-corrected chi connectivity index (χ1v) is 4.54. The first kappa shape index (κ1) is 6.33. The van der Waals surface area contributed by atoms with Gasteiger partial charge in [-0.2, -0.15) is 5.26 Å². The van der Waals surface area contributed by atoms with Crippen LogP contribution < -0.4 is 0 Å². The quantitative estimate of drug-likeness (QED) is 0.380. The monoisotopic (exact) mass is 115 g/mol. The van der Waals surface area contributed by atoms with Crippen LogP contribution in [-0.2, 0) is 0 Å². The van der Waals surface area contributed by atoms with Crippen molar-refractivity contribution in [3.63, 3.8) is 0 Å². The van der Waals surface area contributed by atoms with Crippen LogP contribution >= 0.6 is 18.4 Å². The summed E-state index contributed by atoms with van der Waals surface area (Å²) in [5.74, 6) is 1.92. The normalized spacial score (nSPS) is 12.7. The van der Waals surface area contributed by atoms with Gasteiger partial charge in [0.1, 0.15) is 7.57 Å². The molecular weight excluding hydrogens is 112 g/mol. The molecule has 0 aliphatic heterocycles. The van der Waals surface area contributed by atoms with E-state index in [1.54, 1.807) is 0 Å². The maximum absolute atomic E-state index is 7.97. The van der Waals surface area contributed by atoms with Crippen LogP contribution in [0.15, 0.2) is 0 Å². The van der Waals surface area contributed by atoms with Crippen LogP contribution in [0.25, 0.3) is 0 Å². The topological polar surface area (TPSA) is 23.8 Å². The molecule has 0 bridgehead atoms. The van der Waals surface area contributed by atoms with Gasteiger partial charge in [0, 0.05) is 7.00 Å². The van der Waals surface area contributed by atoms with Gasteiger partial charge in [0.2, 0.25) is 0 Å². The number of hydrogen-bond donors (Lipinski definition) is 0. The Morgan fingerprint density at radius 3 is 2.50 bits per heavy atom. The Labute approximate surface area is 44.0 Å². The average Bonchev–Trinajstić information content (AvgIpc) is 1.65. The van der Waals surface area contributed by atoms with Crippen molar-refractivity contribution in [1.82, 2.24) is 0 Å². The van der Waals surface area contributed by atoms with Crippen LogP contribution in [0.4, 0.5) is 0 Å². The summed E-state index contributed by atoms with van der Waals surface area (Å²) in [6.45, 7) is 0. The lowest BCUT2D eigenvalue weighted by atomic mass is 10.8. The molecule has 1 unspecified atom stereocenters. The second kappa shape index (κ2) is 3.52. The summed E-state index contributed by atoms with van der Waals surface area (Å²) >= 11 is 1.41. The van der Waals surface area contributed by atoms with Gasteiger partial charge < -0.3 is 0 Å². The van der Waals surface area contributed by atoms with Crippen LogP contribution in [0.2, 0.25) is 0 Å². The molecule has 0 saturated carbocycles. The molecule has 0 N–H and O–H groups in total. The Morgan fingerprint density at radius 2 is 2.50 bits per heavy atom. The van der Waals surface area contributed by atoms with Gasteiger partial charge in [-0.25, -0.2) is 0 Å². The largest absolute Gasteiger partial charge is 0.193 e. The van der Waals surface area contributed by atoms with E-state index in [1.807, 2.05) is 12.1 Å². The molecule has 0 aromatic carbocycles. The summed E-state index contributed by atoms with van der Waals surface area (Å²) in [6.07, 6.45) is 1.83. The molecule has 30 valence electrons. The van der Waals surface area contributed by atoms with Crippen LogP contribution in [0.3, 0.4) is 0 Å². The molecule has 0 spiro atoms. The van der Waals surface area contributed by atoms with E-state index in [0.29, 0.717) is 0 Å². The van der Waals surface area contributed by atoms with Crippen LogP contribution in [0, 0.1) is 11.1 Å². The molecule has 0 amide bonds. The summed E-state index contributed by atoms with van der Waals surface area (Å²) in [5.41, 5.74) is 0. The van der Waals surface area contributed by atoms with Gasteiger partial charge in [-0.3, -0.25) is 0 Å². The lowest BCUT2D eigenvalue weighted by Gasteiger charge is -1.88. The van der Waals surface area contributed by atoms with E-state index < -0.39 is 7.00 Å². The van der Waals surface area contributed by atoms with Crippen molar-refractivity contribution in [2.45, 2.75) is 0 Å². The summed E-state index contributed by atoms with van der Waals surface area (Å²) in [4.78, 5) is 0. The van der Waals surface area contributed by atoms with Crippen LogP contribution in [-0.4, -0.2) is 13.8 Å². The average molecular weight is 115 g/mol. The maximum Gasteiger partial charge on any atom is 0.144 e. The third-order valence-corrected chi connectivity index (χ3v) is 2.31. The fourth-order valence-corrected chi connectivity index (χ4v) is 0.367. The molecule has 2 radical (unpaired) electrons. The van der Waals surface area contributed by atoms with E-state index in [0.717, 1.165) is 0 Å². The van der Waals surface area contributed by atoms with E-state index in [2.05, 4.69) is 0 Å². The van der Waals surface area contributed by atoms with Gasteiger partial charge in [0.15, 0.2) is 0 Å². The second-order valence-corrected chi connectivity index (χ2v) is 4.10.